The summed E-state index contributed by atoms with van der Waals surface area (Å²) in [6.45, 7) is 4.13. The van der Waals surface area contributed by atoms with E-state index in [1.165, 1.54) is 31.5 Å². The van der Waals surface area contributed by atoms with Gasteiger partial charge in [-0.1, -0.05) is 20.8 Å². The molecule has 1 aliphatic rings. The quantitative estimate of drug-likeness (QED) is 0.0924. The highest BCUT2D eigenvalue weighted by atomic mass is 31.3. The molecule has 46 heavy (non-hydrogen) atoms. The number of anilines is 1. The van der Waals surface area contributed by atoms with E-state index in [1.807, 2.05) is 0 Å². The monoisotopic (exact) mass is 718 g/mol. The van der Waals surface area contributed by atoms with E-state index >= 15 is 0 Å². The fourth-order valence-electron chi connectivity index (χ4n) is 4.36. The maximum atomic E-state index is 12.7. The first-order valence-corrected chi connectivity index (χ1v) is 17.5. The zero-order valence-corrected chi connectivity index (χ0v) is 27.3. The lowest BCUT2D eigenvalue weighted by Gasteiger charge is -2.31. The molecule has 0 bridgehead atoms. The van der Waals surface area contributed by atoms with E-state index in [0.717, 1.165) is 4.57 Å². The van der Waals surface area contributed by atoms with Crippen molar-refractivity contribution in [2.24, 2.45) is 5.41 Å². The predicted molar refractivity (Wildman–Crippen MR) is 154 cm³/mol. The highest BCUT2D eigenvalue weighted by molar-refractivity contribution is 7.66. The van der Waals surface area contributed by atoms with E-state index < -0.39 is 70.6 Å². The van der Waals surface area contributed by atoms with Crippen LogP contribution in [0.2, 0.25) is 0 Å². The van der Waals surface area contributed by atoms with Crippen LogP contribution in [0.25, 0.3) is 0 Å². The van der Waals surface area contributed by atoms with Gasteiger partial charge in [0.05, 0.1) is 43.0 Å². The molecule has 6 atom stereocenters. The lowest BCUT2D eigenvalue weighted by molar-refractivity contribution is -0.386. The van der Waals surface area contributed by atoms with Crippen molar-refractivity contribution < 1.29 is 70.7 Å². The van der Waals surface area contributed by atoms with E-state index in [1.54, 1.807) is 20.8 Å². The summed E-state index contributed by atoms with van der Waals surface area (Å²) in [4.78, 5) is 63.9. The molecule has 7 N–H and O–H groups in total. The van der Waals surface area contributed by atoms with Crippen molar-refractivity contribution in [3.63, 3.8) is 0 Å². The lowest BCUT2D eigenvalue weighted by atomic mass is 9.83. The van der Waals surface area contributed by atoms with Gasteiger partial charge in [0.1, 0.15) is 23.9 Å². The number of aliphatic hydroxyl groups is 1. The number of hydrogen-bond donors (Lipinski definition) is 6. The van der Waals surface area contributed by atoms with Gasteiger partial charge < -0.3 is 44.6 Å². The number of nitrogen functional groups attached to an aromatic ring is 1. The number of phosphoric acid groups is 3. The summed E-state index contributed by atoms with van der Waals surface area (Å²) in [7, 11) is -15.5. The molecule has 3 rings (SSSR count). The van der Waals surface area contributed by atoms with Gasteiger partial charge in [-0.05, 0) is 17.5 Å². The van der Waals surface area contributed by atoms with Gasteiger partial charge in [0.2, 0.25) is 0 Å². The molecule has 0 saturated carbocycles. The van der Waals surface area contributed by atoms with Gasteiger partial charge in [-0.15, -0.1) is 0 Å². The number of aromatic nitrogens is 2. The summed E-state index contributed by atoms with van der Waals surface area (Å²) in [5.74, 6) is 0.129. The molecular formula is C22H33N4O17P3. The maximum Gasteiger partial charge on any atom is 0.490 e. The highest BCUT2D eigenvalue weighted by Gasteiger charge is 2.43. The van der Waals surface area contributed by atoms with E-state index in [0.29, 0.717) is 5.75 Å². The Labute approximate surface area is 260 Å². The predicted octanol–water partition coefficient (Wildman–Crippen LogP) is 2.04. The van der Waals surface area contributed by atoms with Crippen molar-refractivity contribution in [3.05, 3.63) is 56.1 Å². The summed E-state index contributed by atoms with van der Waals surface area (Å²) < 4.78 is 63.9. The number of hydrogen-bond acceptors (Lipinski definition) is 15. The molecule has 1 aromatic carbocycles. The fraction of sp³-hybridized carbons (Fsp3) is 0.545. The molecule has 1 aromatic heterocycles. The first-order valence-electron chi connectivity index (χ1n) is 13.0. The van der Waals surface area contributed by atoms with Gasteiger partial charge in [-0.2, -0.15) is 13.6 Å². The molecule has 2 heterocycles. The number of phosphoric ester groups is 1. The van der Waals surface area contributed by atoms with Crippen LogP contribution in [0.1, 0.15) is 50.7 Å². The van der Waals surface area contributed by atoms with Gasteiger partial charge in [-0.25, -0.2) is 18.5 Å². The molecule has 0 amide bonds. The topological polar surface area (TPSA) is 312 Å². The fourth-order valence-corrected chi connectivity index (χ4v) is 7.39. The highest BCUT2D eigenvalue weighted by Crippen LogP contribution is 2.66. The number of rotatable bonds is 14. The Balaban J connectivity index is 1.78. The van der Waals surface area contributed by atoms with Gasteiger partial charge in [-0.3, -0.25) is 19.2 Å². The Morgan fingerprint density at radius 3 is 2.39 bits per heavy atom. The SMILES string of the molecule is COc1ccc([N+](=O)[O-])c(C(OCc2cn([C@H]3C[C@H](O)[C@@H](COP(=O)(O)OP(=O)(O)OP(=O)(O)O)O3)c(=O)nc2N)C(C)(C)C)c1. The molecule has 1 aliphatic heterocycles. The minimum absolute atomic E-state index is 0.161. The van der Waals surface area contributed by atoms with Crippen molar-refractivity contribution in [1.82, 2.24) is 9.55 Å². The van der Waals surface area contributed by atoms with Crippen LogP contribution in [0.3, 0.4) is 0 Å². The van der Waals surface area contributed by atoms with Crippen LogP contribution in [0.4, 0.5) is 11.5 Å². The smallest absolute Gasteiger partial charge is 0.490 e. The summed E-state index contributed by atoms with van der Waals surface area (Å²) >= 11 is 0. The molecule has 21 nitrogen and oxygen atoms in total. The van der Waals surface area contributed by atoms with Crippen LogP contribution < -0.4 is 16.2 Å². The van der Waals surface area contributed by atoms with E-state index in [4.69, 9.17) is 29.7 Å². The Morgan fingerprint density at radius 2 is 1.83 bits per heavy atom. The van der Waals surface area contributed by atoms with Crippen molar-refractivity contribution in [2.75, 3.05) is 19.5 Å². The molecule has 24 heteroatoms. The van der Waals surface area contributed by atoms with Gasteiger partial charge in [0, 0.05) is 24.2 Å². The summed E-state index contributed by atoms with van der Waals surface area (Å²) in [6, 6.07) is 4.20. The average molecular weight is 718 g/mol. The summed E-state index contributed by atoms with van der Waals surface area (Å²) in [5, 5.41) is 22.2. The third-order valence-electron chi connectivity index (χ3n) is 6.30. The summed E-state index contributed by atoms with van der Waals surface area (Å²) in [5.41, 5.74) is 4.53. The number of methoxy groups -OCH3 is 1. The minimum atomic E-state index is -5.77. The van der Waals surface area contributed by atoms with Gasteiger partial charge in [0.15, 0.2) is 0 Å². The van der Waals surface area contributed by atoms with Crippen molar-refractivity contribution in [3.8, 4) is 5.75 Å². The minimum Gasteiger partial charge on any atom is -0.497 e. The maximum absolute atomic E-state index is 12.7. The zero-order chi connectivity index (χ0) is 34.8. The van der Waals surface area contributed by atoms with Crippen molar-refractivity contribution in [2.45, 2.75) is 58.3 Å². The number of benzene rings is 1. The van der Waals surface area contributed by atoms with Crippen molar-refractivity contribution in [1.29, 1.82) is 0 Å². The van der Waals surface area contributed by atoms with E-state index in [2.05, 4.69) is 18.1 Å². The Kier molecular flexibility index (Phi) is 11.7. The Bertz CT molecular complexity index is 1640. The normalized spacial score (nSPS) is 22.2. The molecule has 2 aromatic rings. The molecule has 0 aliphatic carbocycles. The van der Waals surface area contributed by atoms with Gasteiger partial charge in [0.25, 0.3) is 5.69 Å². The largest absolute Gasteiger partial charge is 0.497 e. The second kappa shape index (κ2) is 14.2. The lowest BCUT2D eigenvalue weighted by Crippen LogP contribution is -2.30. The number of nitrogens with two attached hydrogens (primary N) is 1. The molecule has 1 saturated heterocycles. The number of nitro benzene ring substituents is 1. The molecule has 0 spiro atoms. The second-order valence-corrected chi connectivity index (χ2v) is 15.3. The van der Waals surface area contributed by atoms with Crippen LogP contribution >= 0.6 is 23.5 Å². The number of nitro groups is 1. The molecule has 3 unspecified atom stereocenters. The molecular weight excluding hydrogens is 685 g/mol. The first kappa shape index (κ1) is 37.8. The third-order valence-corrected chi connectivity index (χ3v) is 10.1. The standard InChI is InChI=1S/C22H33N4O17P3/c1-22(2,3)19(14-7-13(38-4)5-6-15(14)26(29)30)39-10-12-9-25(21(28)24-20(12)23)18-8-16(27)17(41-18)11-40-45(34,35)43-46(36,37)42-44(31,32)33/h5-7,9,16-19,27H,8,10-11H2,1-4H3,(H,34,35)(H,36,37)(H2,23,24,28)(H2,31,32,33)/t16-,17+,18+,19?/m0/s1. The summed E-state index contributed by atoms with van der Waals surface area (Å²) in [6.07, 6.45) is -4.02. The first-order chi connectivity index (χ1) is 21.0. The molecule has 1 fully saturated rings. The van der Waals surface area contributed by atoms with Crippen LogP contribution in [0.5, 0.6) is 5.75 Å². The van der Waals surface area contributed by atoms with E-state index in [9.17, 15) is 43.5 Å². The number of aliphatic hydroxyl groups excluding tert-OH is 1. The van der Waals surface area contributed by atoms with Gasteiger partial charge >= 0.3 is 29.2 Å². The number of ether oxygens (including phenoxy) is 3. The van der Waals surface area contributed by atoms with Crippen LogP contribution in [0.15, 0.2) is 29.2 Å². The van der Waals surface area contributed by atoms with E-state index in [-0.39, 0.29) is 35.7 Å². The number of nitrogens with zero attached hydrogens (tertiary/aromatic N) is 3. The van der Waals surface area contributed by atoms with Crippen LogP contribution in [-0.2, 0) is 42.9 Å². The Hall–Kier alpha value is -2.61. The Morgan fingerprint density at radius 1 is 1.17 bits per heavy atom. The second-order valence-electron chi connectivity index (χ2n) is 10.9. The average Bonchev–Trinajstić information content (AvgIpc) is 3.25. The van der Waals surface area contributed by atoms with Crippen molar-refractivity contribution >= 4 is 35.0 Å². The van der Waals surface area contributed by atoms with Crippen LogP contribution in [-0.4, -0.2) is 65.1 Å². The molecule has 258 valence electrons. The third kappa shape index (κ3) is 10.2. The van der Waals surface area contributed by atoms with Crippen LogP contribution in [0, 0.1) is 15.5 Å². The molecule has 0 radical (unpaired) electrons. The zero-order valence-electron chi connectivity index (χ0n) is 24.6.